The van der Waals surface area contributed by atoms with Gasteiger partial charge in [0.15, 0.2) is 0 Å². The van der Waals surface area contributed by atoms with Crippen LogP contribution in [-0.2, 0) is 0 Å². The van der Waals surface area contributed by atoms with Crippen LogP contribution in [0.1, 0.15) is 36.8 Å². The van der Waals surface area contributed by atoms with Gasteiger partial charge in [0.2, 0.25) is 0 Å². The number of hydrogen-bond acceptors (Lipinski definition) is 2. The molecule has 1 aromatic rings. The van der Waals surface area contributed by atoms with Gasteiger partial charge in [-0.15, -0.1) is 11.3 Å². The zero-order chi connectivity index (χ0) is 8.97. The van der Waals surface area contributed by atoms with Gasteiger partial charge in [-0.05, 0) is 43.8 Å². The van der Waals surface area contributed by atoms with Crippen molar-refractivity contribution in [3.05, 3.63) is 21.9 Å². The Labute approximate surface area is 78.8 Å². The van der Waals surface area contributed by atoms with E-state index in [0.717, 1.165) is 6.54 Å². The fourth-order valence-electron chi connectivity index (χ4n) is 1.28. The molecule has 1 N–H and O–H groups in total. The lowest BCUT2D eigenvalue weighted by atomic mass is 10.2. The molecule has 12 heavy (non-hydrogen) atoms. The Balaban J connectivity index is 2.52. The zero-order valence-electron chi connectivity index (χ0n) is 8.05. The lowest BCUT2D eigenvalue weighted by molar-refractivity contribution is 0.576. The largest absolute Gasteiger partial charge is 0.309 e. The van der Waals surface area contributed by atoms with Gasteiger partial charge in [0.25, 0.3) is 0 Å². The summed E-state index contributed by atoms with van der Waals surface area (Å²) in [6, 6.07) is 2.70. The van der Waals surface area contributed by atoms with Gasteiger partial charge in [0.05, 0.1) is 0 Å². The Bertz CT molecular complexity index is 229. The van der Waals surface area contributed by atoms with E-state index in [1.165, 1.54) is 16.9 Å². The molecule has 0 saturated heterocycles. The van der Waals surface area contributed by atoms with Crippen LogP contribution in [0.25, 0.3) is 0 Å². The van der Waals surface area contributed by atoms with Crippen molar-refractivity contribution in [1.29, 1.82) is 0 Å². The van der Waals surface area contributed by atoms with Crippen molar-refractivity contribution in [3.8, 4) is 0 Å². The Morgan fingerprint density at radius 3 is 2.83 bits per heavy atom. The van der Waals surface area contributed by atoms with Crippen molar-refractivity contribution in [3.63, 3.8) is 0 Å². The SMILES string of the molecule is CCCNC(C)c1sccc1C. The highest BCUT2D eigenvalue weighted by atomic mass is 32.1. The Kier molecular flexibility index (Phi) is 3.76. The standard InChI is InChI=1S/C10H17NS/c1-4-6-11-9(3)10-8(2)5-7-12-10/h5,7,9,11H,4,6H2,1-3H3. The molecule has 1 rings (SSSR count). The van der Waals surface area contributed by atoms with Crippen LogP contribution in [0.2, 0.25) is 0 Å². The minimum Gasteiger partial charge on any atom is -0.309 e. The summed E-state index contributed by atoms with van der Waals surface area (Å²) >= 11 is 1.85. The van der Waals surface area contributed by atoms with Gasteiger partial charge in [0, 0.05) is 10.9 Å². The summed E-state index contributed by atoms with van der Waals surface area (Å²) in [5, 5.41) is 5.65. The molecular formula is C10H17NS. The van der Waals surface area contributed by atoms with Crippen molar-refractivity contribution in [2.75, 3.05) is 6.54 Å². The monoisotopic (exact) mass is 183 g/mol. The summed E-state index contributed by atoms with van der Waals surface area (Å²) in [4.78, 5) is 1.48. The summed E-state index contributed by atoms with van der Waals surface area (Å²) in [6.45, 7) is 7.71. The van der Waals surface area contributed by atoms with E-state index in [4.69, 9.17) is 0 Å². The molecule has 0 aromatic carbocycles. The van der Waals surface area contributed by atoms with Crippen LogP contribution in [-0.4, -0.2) is 6.54 Å². The normalized spacial score (nSPS) is 13.2. The van der Waals surface area contributed by atoms with Gasteiger partial charge >= 0.3 is 0 Å². The Morgan fingerprint density at radius 1 is 1.58 bits per heavy atom. The van der Waals surface area contributed by atoms with E-state index < -0.39 is 0 Å². The van der Waals surface area contributed by atoms with Crippen LogP contribution in [0.5, 0.6) is 0 Å². The molecule has 0 amide bonds. The lowest BCUT2D eigenvalue weighted by Gasteiger charge is -2.12. The van der Waals surface area contributed by atoms with Crippen molar-refractivity contribution < 1.29 is 0 Å². The second-order valence-corrected chi connectivity index (χ2v) is 4.09. The maximum Gasteiger partial charge on any atom is 0.0388 e. The predicted molar refractivity (Wildman–Crippen MR) is 55.8 cm³/mol. The zero-order valence-corrected chi connectivity index (χ0v) is 8.87. The fraction of sp³-hybridized carbons (Fsp3) is 0.600. The third-order valence-corrected chi connectivity index (χ3v) is 3.20. The maximum atomic E-state index is 3.49. The maximum absolute atomic E-state index is 3.49. The van der Waals surface area contributed by atoms with Crippen molar-refractivity contribution >= 4 is 11.3 Å². The van der Waals surface area contributed by atoms with E-state index in [1.54, 1.807) is 0 Å². The summed E-state index contributed by atoms with van der Waals surface area (Å²) < 4.78 is 0. The highest BCUT2D eigenvalue weighted by Crippen LogP contribution is 2.22. The highest BCUT2D eigenvalue weighted by Gasteiger charge is 2.07. The summed E-state index contributed by atoms with van der Waals surface area (Å²) in [5.74, 6) is 0. The first-order valence-corrected chi connectivity index (χ1v) is 5.41. The Morgan fingerprint density at radius 2 is 2.33 bits per heavy atom. The van der Waals surface area contributed by atoms with E-state index in [1.807, 2.05) is 11.3 Å². The second kappa shape index (κ2) is 4.63. The predicted octanol–water partition coefficient (Wildman–Crippen LogP) is 3.12. The molecule has 0 aliphatic rings. The molecule has 1 nitrogen and oxygen atoms in total. The van der Waals surface area contributed by atoms with Gasteiger partial charge in [0.1, 0.15) is 0 Å². The molecule has 0 radical (unpaired) electrons. The van der Waals surface area contributed by atoms with Crippen LogP contribution < -0.4 is 5.32 Å². The first-order valence-electron chi connectivity index (χ1n) is 4.53. The van der Waals surface area contributed by atoms with E-state index in [-0.39, 0.29) is 0 Å². The molecule has 0 bridgehead atoms. The quantitative estimate of drug-likeness (QED) is 0.756. The van der Waals surface area contributed by atoms with Gasteiger partial charge in [-0.1, -0.05) is 6.92 Å². The molecule has 0 fully saturated rings. The number of nitrogens with one attached hydrogen (secondary N) is 1. The molecule has 0 aliphatic heterocycles. The van der Waals surface area contributed by atoms with Crippen LogP contribution in [0.3, 0.4) is 0 Å². The second-order valence-electron chi connectivity index (χ2n) is 3.14. The highest BCUT2D eigenvalue weighted by molar-refractivity contribution is 7.10. The average Bonchev–Trinajstić information content (AvgIpc) is 2.47. The first kappa shape index (κ1) is 9.75. The molecule has 1 aromatic heterocycles. The van der Waals surface area contributed by atoms with E-state index in [0.29, 0.717) is 6.04 Å². The molecule has 0 spiro atoms. The van der Waals surface area contributed by atoms with Gasteiger partial charge in [-0.3, -0.25) is 0 Å². The molecule has 0 aliphatic carbocycles. The summed E-state index contributed by atoms with van der Waals surface area (Å²) in [6.07, 6.45) is 1.20. The van der Waals surface area contributed by atoms with Crippen molar-refractivity contribution in [1.82, 2.24) is 5.32 Å². The number of hydrogen-bond donors (Lipinski definition) is 1. The van der Waals surface area contributed by atoms with Gasteiger partial charge in [-0.25, -0.2) is 0 Å². The van der Waals surface area contributed by atoms with E-state index in [9.17, 15) is 0 Å². The molecule has 1 atom stereocenters. The molecular weight excluding hydrogens is 166 g/mol. The third kappa shape index (κ3) is 2.32. The van der Waals surface area contributed by atoms with Crippen LogP contribution >= 0.6 is 11.3 Å². The fourth-order valence-corrected chi connectivity index (χ4v) is 2.24. The number of thiophene rings is 1. The van der Waals surface area contributed by atoms with Crippen LogP contribution in [0, 0.1) is 6.92 Å². The molecule has 0 saturated carbocycles. The lowest BCUT2D eigenvalue weighted by Crippen LogP contribution is -2.18. The topological polar surface area (TPSA) is 12.0 Å². The summed E-state index contributed by atoms with van der Waals surface area (Å²) in [7, 11) is 0. The summed E-state index contributed by atoms with van der Waals surface area (Å²) in [5.41, 5.74) is 1.41. The minimum atomic E-state index is 0.518. The smallest absolute Gasteiger partial charge is 0.0388 e. The van der Waals surface area contributed by atoms with E-state index in [2.05, 4.69) is 37.5 Å². The third-order valence-electron chi connectivity index (χ3n) is 2.00. The minimum absolute atomic E-state index is 0.518. The molecule has 1 heterocycles. The van der Waals surface area contributed by atoms with Gasteiger partial charge in [-0.2, -0.15) is 0 Å². The number of aryl methyl sites for hydroxylation is 1. The average molecular weight is 183 g/mol. The molecule has 2 heteroatoms. The molecule has 1 unspecified atom stereocenters. The number of rotatable bonds is 4. The molecule has 68 valence electrons. The van der Waals surface area contributed by atoms with Crippen molar-refractivity contribution in [2.24, 2.45) is 0 Å². The Hall–Kier alpha value is -0.340. The first-order chi connectivity index (χ1) is 5.75. The van der Waals surface area contributed by atoms with Crippen LogP contribution in [0.15, 0.2) is 11.4 Å². The van der Waals surface area contributed by atoms with E-state index >= 15 is 0 Å². The van der Waals surface area contributed by atoms with Crippen LogP contribution in [0.4, 0.5) is 0 Å². The van der Waals surface area contributed by atoms with Gasteiger partial charge < -0.3 is 5.32 Å². The van der Waals surface area contributed by atoms with Crippen molar-refractivity contribution in [2.45, 2.75) is 33.2 Å².